The van der Waals surface area contributed by atoms with E-state index in [1.807, 2.05) is 6.92 Å². The van der Waals surface area contributed by atoms with Gasteiger partial charge >= 0.3 is 6.18 Å². The third-order valence-corrected chi connectivity index (χ3v) is 2.93. The molecule has 0 saturated heterocycles. The molecule has 2 heterocycles. The van der Waals surface area contributed by atoms with Crippen LogP contribution < -0.4 is 5.32 Å². The van der Waals surface area contributed by atoms with Gasteiger partial charge in [0, 0.05) is 5.56 Å². The average Bonchev–Trinajstić information content (AvgIpc) is 2.68. The standard InChI is InChI=1S/C13H14F3N3O/c1-7(12-8(2)19-20-9(12)3)17-11-6-4-5-10(18-11)13(14,15)16/h4-7H,1-3H3,(H,17,18). The lowest BCUT2D eigenvalue weighted by Gasteiger charge is -2.15. The molecule has 20 heavy (non-hydrogen) atoms. The third-order valence-electron chi connectivity index (χ3n) is 2.93. The van der Waals surface area contributed by atoms with Gasteiger partial charge in [0.25, 0.3) is 0 Å². The smallest absolute Gasteiger partial charge is 0.363 e. The number of hydrogen-bond acceptors (Lipinski definition) is 4. The van der Waals surface area contributed by atoms with Crippen molar-refractivity contribution >= 4 is 5.82 Å². The highest BCUT2D eigenvalue weighted by molar-refractivity contribution is 5.40. The molecule has 0 fully saturated rings. The summed E-state index contributed by atoms with van der Waals surface area (Å²) in [6, 6.07) is 3.49. The summed E-state index contributed by atoms with van der Waals surface area (Å²) >= 11 is 0. The highest BCUT2D eigenvalue weighted by Gasteiger charge is 2.32. The topological polar surface area (TPSA) is 51.0 Å². The molecule has 0 aliphatic rings. The zero-order valence-corrected chi connectivity index (χ0v) is 11.2. The number of nitrogens with one attached hydrogen (secondary N) is 1. The SMILES string of the molecule is Cc1noc(C)c1C(C)Nc1cccc(C(F)(F)F)n1. The quantitative estimate of drug-likeness (QED) is 0.929. The van der Waals surface area contributed by atoms with E-state index < -0.39 is 11.9 Å². The second-order valence-electron chi connectivity index (χ2n) is 4.51. The summed E-state index contributed by atoms with van der Waals surface area (Å²) in [5, 5.41) is 6.75. The molecule has 0 aliphatic heterocycles. The van der Waals surface area contributed by atoms with Crippen LogP contribution in [0.3, 0.4) is 0 Å². The lowest BCUT2D eigenvalue weighted by Crippen LogP contribution is -2.13. The molecule has 0 amide bonds. The Bertz CT molecular complexity index is 588. The Morgan fingerprint density at radius 3 is 2.50 bits per heavy atom. The van der Waals surface area contributed by atoms with Gasteiger partial charge in [-0.1, -0.05) is 11.2 Å². The van der Waals surface area contributed by atoms with Crippen LogP contribution in [0.5, 0.6) is 0 Å². The summed E-state index contributed by atoms with van der Waals surface area (Å²) in [6.07, 6.45) is -4.45. The van der Waals surface area contributed by atoms with Gasteiger partial charge in [0.2, 0.25) is 0 Å². The van der Waals surface area contributed by atoms with E-state index in [1.165, 1.54) is 12.1 Å². The first-order chi connectivity index (χ1) is 9.29. The van der Waals surface area contributed by atoms with Gasteiger partial charge in [-0.05, 0) is 32.9 Å². The molecule has 0 aliphatic carbocycles. The lowest BCUT2D eigenvalue weighted by molar-refractivity contribution is -0.141. The maximum absolute atomic E-state index is 12.6. The zero-order chi connectivity index (χ0) is 14.9. The van der Waals surface area contributed by atoms with Crippen LogP contribution in [0.25, 0.3) is 0 Å². The molecule has 108 valence electrons. The Kier molecular flexibility index (Phi) is 3.69. The molecule has 1 atom stereocenters. The van der Waals surface area contributed by atoms with Crippen molar-refractivity contribution < 1.29 is 17.7 Å². The van der Waals surface area contributed by atoms with E-state index >= 15 is 0 Å². The minimum Gasteiger partial charge on any atom is -0.363 e. The normalized spacial score (nSPS) is 13.3. The third kappa shape index (κ3) is 2.92. The van der Waals surface area contributed by atoms with Crippen molar-refractivity contribution in [3.63, 3.8) is 0 Å². The van der Waals surface area contributed by atoms with Gasteiger partial charge in [-0.15, -0.1) is 0 Å². The van der Waals surface area contributed by atoms with Crippen LogP contribution in [0.2, 0.25) is 0 Å². The molecule has 2 rings (SSSR count). The number of anilines is 1. The van der Waals surface area contributed by atoms with E-state index in [0.29, 0.717) is 11.5 Å². The van der Waals surface area contributed by atoms with E-state index in [9.17, 15) is 13.2 Å². The monoisotopic (exact) mass is 285 g/mol. The van der Waals surface area contributed by atoms with Crippen molar-refractivity contribution in [2.24, 2.45) is 0 Å². The molecule has 2 aromatic rings. The Morgan fingerprint density at radius 2 is 1.95 bits per heavy atom. The maximum atomic E-state index is 12.6. The minimum absolute atomic E-state index is 0.160. The van der Waals surface area contributed by atoms with Crippen LogP contribution in [0.1, 0.15) is 35.7 Å². The molecule has 0 spiro atoms. The van der Waals surface area contributed by atoms with Crippen LogP contribution in [0.15, 0.2) is 22.7 Å². The molecule has 4 nitrogen and oxygen atoms in total. The summed E-state index contributed by atoms with van der Waals surface area (Å²) in [6.45, 7) is 5.35. The van der Waals surface area contributed by atoms with Crippen LogP contribution >= 0.6 is 0 Å². The Labute approximate surface area is 114 Å². The summed E-state index contributed by atoms with van der Waals surface area (Å²) < 4.78 is 42.8. The highest BCUT2D eigenvalue weighted by atomic mass is 19.4. The molecular formula is C13H14F3N3O. The first-order valence-corrected chi connectivity index (χ1v) is 6.02. The predicted octanol–water partition coefficient (Wildman–Crippen LogP) is 3.88. The van der Waals surface area contributed by atoms with Crippen molar-refractivity contribution in [3.05, 3.63) is 40.9 Å². The number of hydrogen-bond donors (Lipinski definition) is 1. The number of rotatable bonds is 3. The van der Waals surface area contributed by atoms with Gasteiger partial charge in [0.15, 0.2) is 0 Å². The molecule has 1 unspecified atom stereocenters. The van der Waals surface area contributed by atoms with E-state index in [4.69, 9.17) is 4.52 Å². The fourth-order valence-electron chi connectivity index (χ4n) is 2.08. The maximum Gasteiger partial charge on any atom is 0.433 e. The highest BCUT2D eigenvalue weighted by Crippen LogP contribution is 2.29. The van der Waals surface area contributed by atoms with Crippen LogP contribution in [-0.2, 0) is 6.18 Å². The number of nitrogens with zero attached hydrogens (tertiary/aromatic N) is 2. The van der Waals surface area contributed by atoms with Crippen molar-refractivity contribution in [1.29, 1.82) is 0 Å². The zero-order valence-electron chi connectivity index (χ0n) is 11.2. The van der Waals surface area contributed by atoms with Gasteiger partial charge in [0.1, 0.15) is 17.3 Å². The molecule has 2 aromatic heterocycles. The predicted molar refractivity (Wildman–Crippen MR) is 67.3 cm³/mol. The van der Waals surface area contributed by atoms with Crippen LogP contribution in [0.4, 0.5) is 19.0 Å². The fourth-order valence-corrected chi connectivity index (χ4v) is 2.08. The van der Waals surface area contributed by atoms with E-state index in [2.05, 4.69) is 15.5 Å². The number of aromatic nitrogens is 2. The molecule has 0 bridgehead atoms. The molecule has 1 N–H and O–H groups in total. The summed E-state index contributed by atoms with van der Waals surface area (Å²) in [5.41, 5.74) is 0.604. The second-order valence-corrected chi connectivity index (χ2v) is 4.51. The summed E-state index contributed by atoms with van der Waals surface area (Å²) in [7, 11) is 0. The Balaban J connectivity index is 2.22. The minimum atomic E-state index is -4.45. The average molecular weight is 285 g/mol. The second kappa shape index (κ2) is 5.15. The van der Waals surface area contributed by atoms with Crippen molar-refractivity contribution in [2.45, 2.75) is 33.0 Å². The van der Waals surface area contributed by atoms with Crippen LogP contribution in [-0.4, -0.2) is 10.1 Å². The van der Waals surface area contributed by atoms with E-state index in [-0.39, 0.29) is 11.9 Å². The van der Waals surface area contributed by atoms with Gasteiger partial charge in [-0.25, -0.2) is 4.98 Å². The van der Waals surface area contributed by atoms with Gasteiger partial charge in [-0.3, -0.25) is 0 Å². The number of aryl methyl sites for hydroxylation is 2. The van der Waals surface area contributed by atoms with E-state index in [0.717, 1.165) is 11.6 Å². The lowest BCUT2D eigenvalue weighted by atomic mass is 10.1. The van der Waals surface area contributed by atoms with Gasteiger partial charge in [0.05, 0.1) is 11.7 Å². The fraction of sp³-hybridized carbons (Fsp3) is 0.385. The van der Waals surface area contributed by atoms with Crippen molar-refractivity contribution in [3.8, 4) is 0 Å². The number of pyridine rings is 1. The summed E-state index contributed by atoms with van der Waals surface area (Å²) in [5.74, 6) is 0.793. The van der Waals surface area contributed by atoms with Crippen molar-refractivity contribution in [1.82, 2.24) is 10.1 Å². The molecule has 0 radical (unpaired) electrons. The van der Waals surface area contributed by atoms with Gasteiger partial charge in [-0.2, -0.15) is 13.2 Å². The first kappa shape index (κ1) is 14.4. The molecule has 0 aromatic carbocycles. The molecule has 0 saturated carbocycles. The van der Waals surface area contributed by atoms with E-state index in [1.54, 1.807) is 13.8 Å². The Morgan fingerprint density at radius 1 is 1.25 bits per heavy atom. The van der Waals surface area contributed by atoms with Gasteiger partial charge < -0.3 is 9.84 Å². The first-order valence-electron chi connectivity index (χ1n) is 6.02. The molecular weight excluding hydrogens is 271 g/mol. The molecule has 7 heteroatoms. The Hall–Kier alpha value is -2.05. The summed E-state index contributed by atoms with van der Waals surface area (Å²) in [4.78, 5) is 3.57. The largest absolute Gasteiger partial charge is 0.433 e. The van der Waals surface area contributed by atoms with Crippen molar-refractivity contribution in [2.75, 3.05) is 5.32 Å². The van der Waals surface area contributed by atoms with Crippen LogP contribution in [0, 0.1) is 13.8 Å². The number of alkyl halides is 3. The number of halogens is 3.